The number of amides is 1. The van der Waals surface area contributed by atoms with Gasteiger partial charge in [0.2, 0.25) is 0 Å². The molecule has 1 N–H and O–H groups in total. The summed E-state index contributed by atoms with van der Waals surface area (Å²) in [6, 6.07) is 13.6. The van der Waals surface area contributed by atoms with E-state index in [4.69, 9.17) is 11.6 Å². The minimum atomic E-state index is -0.476. The first-order valence-corrected chi connectivity index (χ1v) is 6.71. The lowest BCUT2D eigenvalue weighted by Gasteiger charge is -2.11. The second kappa shape index (κ2) is 5.10. The van der Waals surface area contributed by atoms with Gasteiger partial charge in [0.05, 0.1) is 6.04 Å². The topological polar surface area (TPSA) is 46.2 Å². The van der Waals surface area contributed by atoms with Crippen LogP contribution in [0.2, 0.25) is 5.02 Å². The molecule has 0 spiro atoms. The highest BCUT2D eigenvalue weighted by atomic mass is 35.5. The lowest BCUT2D eigenvalue weighted by molar-refractivity contribution is 0.0868. The molecule has 0 bridgehead atoms. The SMILES string of the molecule is O=C(NC1Cc2ccccc2C1=O)c1ccc(Cl)cc1. The summed E-state index contributed by atoms with van der Waals surface area (Å²) in [5.74, 6) is -0.282. The maximum Gasteiger partial charge on any atom is 0.251 e. The molecule has 3 nitrogen and oxygen atoms in total. The molecule has 0 fully saturated rings. The summed E-state index contributed by atoms with van der Waals surface area (Å²) in [6.07, 6.45) is 0.550. The Morgan fingerprint density at radius 1 is 1.10 bits per heavy atom. The van der Waals surface area contributed by atoms with E-state index in [-0.39, 0.29) is 11.7 Å². The molecule has 1 aliphatic rings. The number of halogens is 1. The number of hydrogen-bond acceptors (Lipinski definition) is 2. The van der Waals surface area contributed by atoms with Crippen LogP contribution in [0.4, 0.5) is 0 Å². The molecule has 4 heteroatoms. The molecule has 1 amide bonds. The van der Waals surface area contributed by atoms with Crippen molar-refractivity contribution in [1.29, 1.82) is 0 Å². The van der Waals surface area contributed by atoms with E-state index in [1.54, 1.807) is 30.3 Å². The maximum absolute atomic E-state index is 12.2. The molecule has 1 aliphatic carbocycles. The van der Waals surface area contributed by atoms with Crippen LogP contribution in [0.3, 0.4) is 0 Å². The second-order valence-electron chi connectivity index (χ2n) is 4.76. The van der Waals surface area contributed by atoms with Crippen LogP contribution in [0, 0.1) is 0 Å². The monoisotopic (exact) mass is 285 g/mol. The maximum atomic E-state index is 12.2. The lowest BCUT2D eigenvalue weighted by Crippen LogP contribution is -2.39. The Labute approximate surface area is 121 Å². The van der Waals surface area contributed by atoms with Crippen LogP contribution in [0.15, 0.2) is 48.5 Å². The Morgan fingerprint density at radius 2 is 1.80 bits per heavy atom. The van der Waals surface area contributed by atoms with Crippen molar-refractivity contribution in [3.63, 3.8) is 0 Å². The van der Waals surface area contributed by atoms with E-state index in [0.29, 0.717) is 22.6 Å². The lowest BCUT2D eigenvalue weighted by atomic mass is 10.1. The minimum absolute atomic E-state index is 0.0251. The number of fused-ring (bicyclic) bond motifs is 1. The van der Waals surface area contributed by atoms with Gasteiger partial charge in [-0.05, 0) is 29.8 Å². The first-order chi connectivity index (χ1) is 9.65. The van der Waals surface area contributed by atoms with Crippen molar-refractivity contribution in [2.75, 3.05) is 0 Å². The minimum Gasteiger partial charge on any atom is -0.342 e. The molecule has 0 heterocycles. The van der Waals surface area contributed by atoms with Crippen molar-refractivity contribution in [2.24, 2.45) is 0 Å². The smallest absolute Gasteiger partial charge is 0.251 e. The van der Waals surface area contributed by atoms with Gasteiger partial charge in [0.1, 0.15) is 0 Å². The molecule has 0 radical (unpaired) electrons. The zero-order chi connectivity index (χ0) is 14.1. The van der Waals surface area contributed by atoms with Gasteiger partial charge >= 0.3 is 0 Å². The van der Waals surface area contributed by atoms with Gasteiger partial charge in [0.15, 0.2) is 5.78 Å². The molecule has 2 aromatic rings. The van der Waals surface area contributed by atoms with Gasteiger partial charge in [0.25, 0.3) is 5.91 Å². The number of carbonyl (C=O) groups is 2. The van der Waals surface area contributed by atoms with Crippen LogP contribution in [-0.2, 0) is 6.42 Å². The third-order valence-electron chi connectivity index (χ3n) is 3.44. The fourth-order valence-electron chi connectivity index (χ4n) is 2.40. The highest BCUT2D eigenvalue weighted by molar-refractivity contribution is 6.30. The number of nitrogens with one attached hydrogen (secondary N) is 1. The number of benzene rings is 2. The number of hydrogen-bond donors (Lipinski definition) is 1. The van der Waals surface area contributed by atoms with E-state index in [9.17, 15) is 9.59 Å². The average Bonchev–Trinajstić information content (AvgIpc) is 2.77. The Bertz CT molecular complexity index is 679. The molecule has 0 aromatic heterocycles. The van der Waals surface area contributed by atoms with Gasteiger partial charge in [-0.2, -0.15) is 0 Å². The van der Waals surface area contributed by atoms with Crippen LogP contribution in [0.1, 0.15) is 26.3 Å². The van der Waals surface area contributed by atoms with Crippen LogP contribution in [0.25, 0.3) is 0 Å². The van der Waals surface area contributed by atoms with Crippen LogP contribution in [0.5, 0.6) is 0 Å². The summed E-state index contributed by atoms with van der Waals surface area (Å²) < 4.78 is 0. The van der Waals surface area contributed by atoms with Crippen LogP contribution in [-0.4, -0.2) is 17.7 Å². The number of carbonyl (C=O) groups excluding carboxylic acids is 2. The van der Waals surface area contributed by atoms with Crippen LogP contribution < -0.4 is 5.32 Å². The molecular weight excluding hydrogens is 274 g/mol. The fourth-order valence-corrected chi connectivity index (χ4v) is 2.52. The van der Waals surface area contributed by atoms with Crippen molar-refractivity contribution in [2.45, 2.75) is 12.5 Å². The predicted molar refractivity (Wildman–Crippen MR) is 77.2 cm³/mol. The van der Waals surface area contributed by atoms with E-state index in [0.717, 1.165) is 5.56 Å². The second-order valence-corrected chi connectivity index (χ2v) is 5.19. The molecule has 100 valence electrons. The predicted octanol–water partition coefficient (Wildman–Crippen LogP) is 2.88. The molecular formula is C16H12ClNO2. The Morgan fingerprint density at radius 3 is 2.50 bits per heavy atom. The average molecular weight is 286 g/mol. The third kappa shape index (κ3) is 2.32. The largest absolute Gasteiger partial charge is 0.342 e. The van der Waals surface area contributed by atoms with Crippen LogP contribution >= 0.6 is 11.6 Å². The first-order valence-electron chi connectivity index (χ1n) is 6.34. The molecule has 20 heavy (non-hydrogen) atoms. The van der Waals surface area contributed by atoms with Crippen molar-refractivity contribution < 1.29 is 9.59 Å². The van der Waals surface area contributed by atoms with E-state index in [1.807, 2.05) is 18.2 Å². The third-order valence-corrected chi connectivity index (χ3v) is 3.69. The molecule has 1 atom stereocenters. The van der Waals surface area contributed by atoms with E-state index in [1.165, 1.54) is 0 Å². The molecule has 2 aromatic carbocycles. The van der Waals surface area contributed by atoms with E-state index >= 15 is 0 Å². The summed E-state index contributed by atoms with van der Waals surface area (Å²) in [5.41, 5.74) is 2.19. The Hall–Kier alpha value is -2.13. The molecule has 0 saturated carbocycles. The Kier molecular flexibility index (Phi) is 3.28. The van der Waals surface area contributed by atoms with E-state index < -0.39 is 6.04 Å². The standard InChI is InChI=1S/C16H12ClNO2/c17-12-7-5-10(6-8-12)16(20)18-14-9-11-3-1-2-4-13(11)15(14)19/h1-8,14H,9H2,(H,18,20). The summed E-state index contributed by atoms with van der Waals surface area (Å²) in [5, 5.41) is 3.35. The zero-order valence-electron chi connectivity index (χ0n) is 10.6. The quantitative estimate of drug-likeness (QED) is 0.922. The van der Waals surface area contributed by atoms with Crippen molar-refractivity contribution in [3.05, 3.63) is 70.2 Å². The molecule has 1 unspecified atom stereocenters. The highest BCUT2D eigenvalue weighted by Crippen LogP contribution is 2.22. The van der Waals surface area contributed by atoms with Crippen molar-refractivity contribution in [3.8, 4) is 0 Å². The van der Waals surface area contributed by atoms with Gasteiger partial charge in [-0.3, -0.25) is 9.59 Å². The normalized spacial score (nSPS) is 16.9. The van der Waals surface area contributed by atoms with Gasteiger partial charge in [0, 0.05) is 22.6 Å². The number of Topliss-reactive ketones (excluding diaryl/α,β-unsaturated/α-hetero) is 1. The van der Waals surface area contributed by atoms with Crippen molar-refractivity contribution >= 4 is 23.3 Å². The van der Waals surface area contributed by atoms with Gasteiger partial charge in [-0.25, -0.2) is 0 Å². The zero-order valence-corrected chi connectivity index (χ0v) is 11.4. The van der Waals surface area contributed by atoms with Crippen molar-refractivity contribution in [1.82, 2.24) is 5.32 Å². The molecule has 0 aliphatic heterocycles. The number of ketones is 1. The van der Waals surface area contributed by atoms with Gasteiger partial charge in [-0.15, -0.1) is 0 Å². The summed E-state index contributed by atoms with van der Waals surface area (Å²) in [4.78, 5) is 24.3. The van der Waals surface area contributed by atoms with Gasteiger partial charge < -0.3 is 5.32 Å². The van der Waals surface area contributed by atoms with Gasteiger partial charge in [-0.1, -0.05) is 35.9 Å². The van der Waals surface area contributed by atoms with E-state index in [2.05, 4.69) is 5.32 Å². The summed E-state index contributed by atoms with van der Waals surface area (Å²) >= 11 is 5.78. The molecule has 0 saturated heterocycles. The number of rotatable bonds is 2. The molecule has 3 rings (SSSR count). The first kappa shape index (κ1) is 12.9. The fraction of sp³-hybridized carbons (Fsp3) is 0.125. The highest BCUT2D eigenvalue weighted by Gasteiger charge is 2.31. The summed E-state index contributed by atoms with van der Waals surface area (Å²) in [7, 11) is 0. The Balaban J connectivity index is 1.75. The summed E-state index contributed by atoms with van der Waals surface area (Å²) in [6.45, 7) is 0.